The summed E-state index contributed by atoms with van der Waals surface area (Å²) in [5.74, 6) is 0.961. The van der Waals surface area contributed by atoms with Crippen LogP contribution in [0.4, 0.5) is 0 Å². The lowest BCUT2D eigenvalue weighted by Gasteiger charge is -2.22. The number of aliphatic hydroxyl groups excluding tert-OH is 1. The number of hydrogen-bond acceptors (Lipinski definition) is 3. The van der Waals surface area contributed by atoms with E-state index in [0.717, 1.165) is 38.3 Å². The van der Waals surface area contributed by atoms with E-state index in [4.69, 9.17) is 4.74 Å². The van der Waals surface area contributed by atoms with Gasteiger partial charge in [-0.25, -0.2) is 0 Å². The maximum atomic E-state index is 9.25. The van der Waals surface area contributed by atoms with Crippen molar-refractivity contribution in [1.82, 2.24) is 4.90 Å². The third kappa shape index (κ3) is 3.95. The van der Waals surface area contributed by atoms with Gasteiger partial charge in [0, 0.05) is 12.6 Å². The van der Waals surface area contributed by atoms with Crippen molar-refractivity contribution >= 4 is 0 Å². The summed E-state index contributed by atoms with van der Waals surface area (Å²) < 4.78 is 5.78. The van der Waals surface area contributed by atoms with Crippen LogP contribution in [0.1, 0.15) is 30.4 Å². The number of aliphatic hydroxyl groups is 1. The van der Waals surface area contributed by atoms with E-state index in [9.17, 15) is 5.11 Å². The van der Waals surface area contributed by atoms with Gasteiger partial charge in [0.15, 0.2) is 0 Å². The molecule has 3 heteroatoms. The molecule has 1 unspecified atom stereocenters. The molecule has 2 rings (SSSR count). The summed E-state index contributed by atoms with van der Waals surface area (Å²) in [7, 11) is 0. The molecule has 0 aromatic heterocycles. The normalized spacial score (nSPS) is 19.8. The van der Waals surface area contributed by atoms with E-state index >= 15 is 0 Å². The fraction of sp³-hybridized carbons (Fsp3) is 0.625. The van der Waals surface area contributed by atoms with Gasteiger partial charge < -0.3 is 9.84 Å². The third-order valence-corrected chi connectivity index (χ3v) is 4.05. The lowest BCUT2D eigenvalue weighted by atomic mass is 10.1. The van der Waals surface area contributed by atoms with Crippen molar-refractivity contribution in [2.75, 3.05) is 26.3 Å². The second-order valence-electron chi connectivity index (χ2n) is 5.46. The molecule has 0 amide bonds. The van der Waals surface area contributed by atoms with Crippen molar-refractivity contribution in [3.05, 3.63) is 29.3 Å². The van der Waals surface area contributed by atoms with Gasteiger partial charge in [-0.2, -0.15) is 0 Å². The van der Waals surface area contributed by atoms with Crippen LogP contribution in [0.3, 0.4) is 0 Å². The van der Waals surface area contributed by atoms with Gasteiger partial charge in [-0.15, -0.1) is 0 Å². The Labute approximate surface area is 116 Å². The van der Waals surface area contributed by atoms with Gasteiger partial charge in [-0.05, 0) is 62.9 Å². The molecule has 0 spiro atoms. The minimum Gasteiger partial charge on any atom is -0.494 e. The van der Waals surface area contributed by atoms with Crippen molar-refractivity contribution in [3.8, 4) is 5.75 Å². The highest BCUT2D eigenvalue weighted by Crippen LogP contribution is 2.18. The quantitative estimate of drug-likeness (QED) is 0.801. The topological polar surface area (TPSA) is 32.7 Å². The summed E-state index contributed by atoms with van der Waals surface area (Å²) in [5.41, 5.74) is 2.58. The molecule has 0 aliphatic carbocycles. The molecule has 0 saturated carbocycles. The summed E-state index contributed by atoms with van der Waals surface area (Å²) in [4.78, 5) is 2.38. The van der Waals surface area contributed by atoms with Crippen LogP contribution < -0.4 is 4.74 Å². The molecule has 1 heterocycles. The van der Waals surface area contributed by atoms with E-state index in [1.807, 2.05) is 6.07 Å². The van der Waals surface area contributed by atoms with Crippen molar-refractivity contribution in [2.45, 2.75) is 39.2 Å². The van der Waals surface area contributed by atoms with Crippen molar-refractivity contribution in [2.24, 2.45) is 0 Å². The van der Waals surface area contributed by atoms with Gasteiger partial charge in [-0.3, -0.25) is 4.90 Å². The van der Waals surface area contributed by atoms with Gasteiger partial charge in [0.1, 0.15) is 5.75 Å². The first-order valence-electron chi connectivity index (χ1n) is 7.25. The van der Waals surface area contributed by atoms with Gasteiger partial charge in [0.05, 0.1) is 13.2 Å². The van der Waals surface area contributed by atoms with E-state index in [2.05, 4.69) is 30.9 Å². The molecular formula is C16H25NO2. The molecule has 1 aliphatic heterocycles. The van der Waals surface area contributed by atoms with Crippen molar-refractivity contribution < 1.29 is 9.84 Å². The Morgan fingerprint density at radius 1 is 1.32 bits per heavy atom. The van der Waals surface area contributed by atoms with E-state index in [1.54, 1.807) is 0 Å². The molecule has 106 valence electrons. The van der Waals surface area contributed by atoms with Gasteiger partial charge in [0.25, 0.3) is 0 Å². The maximum absolute atomic E-state index is 9.25. The Bertz CT molecular complexity index is 406. The summed E-state index contributed by atoms with van der Waals surface area (Å²) in [6, 6.07) is 6.62. The van der Waals surface area contributed by atoms with Gasteiger partial charge in [-0.1, -0.05) is 6.07 Å². The molecule has 19 heavy (non-hydrogen) atoms. The number of aryl methyl sites for hydroxylation is 2. The molecule has 3 nitrogen and oxygen atoms in total. The van der Waals surface area contributed by atoms with Crippen molar-refractivity contribution in [3.63, 3.8) is 0 Å². The number of rotatable bonds is 6. The molecule has 1 aromatic rings. The highest BCUT2D eigenvalue weighted by molar-refractivity contribution is 5.33. The molecule has 1 aromatic carbocycles. The first-order chi connectivity index (χ1) is 9.20. The third-order valence-electron chi connectivity index (χ3n) is 4.05. The smallest absolute Gasteiger partial charge is 0.119 e. The van der Waals surface area contributed by atoms with Crippen LogP contribution in [0.5, 0.6) is 5.75 Å². The predicted octanol–water partition coefficient (Wildman–Crippen LogP) is 2.53. The zero-order valence-electron chi connectivity index (χ0n) is 12.1. The predicted molar refractivity (Wildman–Crippen MR) is 77.7 cm³/mol. The molecule has 1 atom stereocenters. The molecule has 1 aliphatic rings. The van der Waals surface area contributed by atoms with Crippen LogP contribution in [0.15, 0.2) is 18.2 Å². The average molecular weight is 263 g/mol. The molecular weight excluding hydrogens is 238 g/mol. The highest BCUT2D eigenvalue weighted by atomic mass is 16.5. The van der Waals surface area contributed by atoms with Crippen LogP contribution in [0.25, 0.3) is 0 Å². The minimum absolute atomic E-state index is 0.290. The highest BCUT2D eigenvalue weighted by Gasteiger charge is 2.22. The molecule has 0 bridgehead atoms. The number of ether oxygens (including phenoxy) is 1. The lowest BCUT2D eigenvalue weighted by Crippen LogP contribution is -2.33. The zero-order chi connectivity index (χ0) is 13.7. The summed E-state index contributed by atoms with van der Waals surface area (Å²) in [6.45, 7) is 7.40. The van der Waals surface area contributed by atoms with Crippen LogP contribution in [-0.2, 0) is 0 Å². The molecule has 1 saturated heterocycles. The van der Waals surface area contributed by atoms with E-state index in [1.165, 1.54) is 17.5 Å². The first kappa shape index (κ1) is 14.4. The van der Waals surface area contributed by atoms with Crippen LogP contribution in [0.2, 0.25) is 0 Å². The van der Waals surface area contributed by atoms with Crippen LogP contribution >= 0.6 is 0 Å². The van der Waals surface area contributed by atoms with E-state index in [-0.39, 0.29) is 6.61 Å². The number of benzene rings is 1. The van der Waals surface area contributed by atoms with E-state index < -0.39 is 0 Å². The Morgan fingerprint density at radius 3 is 2.89 bits per heavy atom. The summed E-state index contributed by atoms with van der Waals surface area (Å²) >= 11 is 0. The second kappa shape index (κ2) is 6.92. The van der Waals surface area contributed by atoms with Gasteiger partial charge >= 0.3 is 0 Å². The first-order valence-corrected chi connectivity index (χ1v) is 7.25. The Balaban J connectivity index is 1.70. The van der Waals surface area contributed by atoms with Crippen LogP contribution in [-0.4, -0.2) is 42.4 Å². The minimum atomic E-state index is 0.290. The summed E-state index contributed by atoms with van der Waals surface area (Å²) in [5, 5.41) is 9.25. The number of hydrogen-bond donors (Lipinski definition) is 1. The lowest BCUT2D eigenvalue weighted by molar-refractivity contribution is 0.150. The maximum Gasteiger partial charge on any atom is 0.119 e. The molecule has 1 N–H and O–H groups in total. The standard InChI is InChI=1S/C16H25NO2/c1-13-6-7-16(11-14(13)2)19-10-4-9-17-8-3-5-15(17)12-18/h6-7,11,15,18H,3-5,8-10,12H2,1-2H3. The zero-order valence-corrected chi connectivity index (χ0v) is 12.1. The monoisotopic (exact) mass is 263 g/mol. The number of nitrogens with zero attached hydrogens (tertiary/aromatic N) is 1. The Hall–Kier alpha value is -1.06. The van der Waals surface area contributed by atoms with Crippen LogP contribution in [0, 0.1) is 13.8 Å². The fourth-order valence-electron chi connectivity index (χ4n) is 2.66. The molecule has 1 fully saturated rings. The second-order valence-corrected chi connectivity index (χ2v) is 5.46. The van der Waals surface area contributed by atoms with Crippen molar-refractivity contribution in [1.29, 1.82) is 0 Å². The molecule has 0 radical (unpaired) electrons. The fourth-order valence-corrected chi connectivity index (χ4v) is 2.66. The van der Waals surface area contributed by atoms with E-state index in [0.29, 0.717) is 6.04 Å². The average Bonchev–Trinajstić information content (AvgIpc) is 2.86. The van der Waals surface area contributed by atoms with Gasteiger partial charge in [0.2, 0.25) is 0 Å². The largest absolute Gasteiger partial charge is 0.494 e. The SMILES string of the molecule is Cc1ccc(OCCCN2CCCC2CO)cc1C. The summed E-state index contributed by atoms with van der Waals surface area (Å²) in [6.07, 6.45) is 3.36. The number of likely N-dealkylation sites (tertiary alicyclic amines) is 1. The Morgan fingerprint density at radius 2 is 2.16 bits per heavy atom. The Kier molecular flexibility index (Phi) is 5.23.